The van der Waals surface area contributed by atoms with E-state index in [0.717, 1.165) is 15.4 Å². The highest BCUT2D eigenvalue weighted by Gasteiger charge is 2.23. The van der Waals surface area contributed by atoms with Gasteiger partial charge in [-0.15, -0.1) is 0 Å². The van der Waals surface area contributed by atoms with E-state index in [1.165, 1.54) is 21.3 Å². The van der Waals surface area contributed by atoms with Crippen LogP contribution in [0.5, 0.6) is 17.2 Å². The van der Waals surface area contributed by atoms with Crippen LogP contribution in [0.2, 0.25) is 0 Å². The first-order chi connectivity index (χ1) is 15.5. The Hall–Kier alpha value is -3.65. The molecule has 5 aromatic rings. The summed E-state index contributed by atoms with van der Waals surface area (Å²) in [5.41, 5.74) is 3.69. The number of halogens is 1. The maximum Gasteiger partial charge on any atom is 0.264 e. The maximum absolute atomic E-state index is 13.8. The number of hydrogen-bond acceptors (Lipinski definition) is 6. The van der Waals surface area contributed by atoms with E-state index >= 15 is 0 Å². The average Bonchev–Trinajstić information content (AvgIpc) is 3.13. The van der Waals surface area contributed by atoms with Crippen molar-refractivity contribution in [3.05, 3.63) is 64.6 Å². The number of aromatic nitrogens is 3. The standard InChI is InChI=1S/C24H18BrN3O4/c1-30-19-10-13(11-20(31-2)22(19)32-3)24(29)28-18-9-8-14(25)12-15(18)21-23(28)27-17-7-5-4-6-16(17)26-21/h4-12H,1-3H3. The van der Waals surface area contributed by atoms with Gasteiger partial charge in [0.15, 0.2) is 17.1 Å². The number of carbonyl (C=O) groups excluding carboxylic acids is 1. The van der Waals surface area contributed by atoms with E-state index in [-0.39, 0.29) is 5.91 Å². The van der Waals surface area contributed by atoms with E-state index in [2.05, 4.69) is 15.9 Å². The molecule has 2 heterocycles. The molecule has 0 amide bonds. The summed E-state index contributed by atoms with van der Waals surface area (Å²) in [6.07, 6.45) is 0. The van der Waals surface area contributed by atoms with Crippen LogP contribution in [0.4, 0.5) is 0 Å². The largest absolute Gasteiger partial charge is 0.493 e. The summed E-state index contributed by atoms with van der Waals surface area (Å²) in [6.45, 7) is 0. The van der Waals surface area contributed by atoms with E-state index in [9.17, 15) is 4.79 Å². The average molecular weight is 492 g/mol. The first-order valence-electron chi connectivity index (χ1n) is 9.77. The second-order valence-corrected chi connectivity index (χ2v) is 8.02. The summed E-state index contributed by atoms with van der Waals surface area (Å²) in [4.78, 5) is 23.4. The Morgan fingerprint density at radius 1 is 0.875 bits per heavy atom. The minimum absolute atomic E-state index is 0.281. The number of benzene rings is 3. The van der Waals surface area contributed by atoms with Crippen molar-refractivity contribution in [1.82, 2.24) is 14.5 Å². The highest BCUT2D eigenvalue weighted by Crippen LogP contribution is 2.39. The lowest BCUT2D eigenvalue weighted by molar-refractivity contribution is 0.0968. The van der Waals surface area contributed by atoms with Crippen LogP contribution in [0.3, 0.4) is 0 Å². The number of para-hydroxylation sites is 2. The van der Waals surface area contributed by atoms with Gasteiger partial charge in [-0.3, -0.25) is 9.36 Å². The van der Waals surface area contributed by atoms with Gasteiger partial charge >= 0.3 is 0 Å². The molecule has 7 nitrogen and oxygen atoms in total. The van der Waals surface area contributed by atoms with Crippen LogP contribution >= 0.6 is 15.9 Å². The molecule has 0 N–H and O–H groups in total. The van der Waals surface area contributed by atoms with Gasteiger partial charge in [0.1, 0.15) is 5.52 Å². The Morgan fingerprint density at radius 2 is 1.53 bits per heavy atom. The van der Waals surface area contributed by atoms with Crippen LogP contribution < -0.4 is 14.2 Å². The summed E-state index contributed by atoms with van der Waals surface area (Å²) in [5.74, 6) is 0.935. The SMILES string of the molecule is COc1cc(C(=O)n2c3ccc(Br)cc3c3nc4ccccc4nc32)cc(OC)c1OC. The molecule has 0 aliphatic carbocycles. The van der Waals surface area contributed by atoms with Gasteiger partial charge in [-0.05, 0) is 42.5 Å². The van der Waals surface area contributed by atoms with Gasteiger partial charge in [-0.1, -0.05) is 28.1 Å². The second-order valence-electron chi connectivity index (χ2n) is 7.10. The molecule has 3 aromatic carbocycles. The molecule has 5 rings (SSSR count). The molecule has 0 radical (unpaired) electrons. The van der Waals surface area contributed by atoms with Crippen LogP contribution in [0.15, 0.2) is 59.1 Å². The molecule has 2 aromatic heterocycles. The third-order valence-electron chi connectivity index (χ3n) is 5.33. The highest BCUT2D eigenvalue weighted by atomic mass is 79.9. The van der Waals surface area contributed by atoms with Crippen LogP contribution in [-0.2, 0) is 0 Å². The lowest BCUT2D eigenvalue weighted by Crippen LogP contribution is -2.13. The number of carbonyl (C=O) groups is 1. The van der Waals surface area contributed by atoms with E-state index < -0.39 is 0 Å². The number of rotatable bonds is 4. The molecule has 0 aliphatic heterocycles. The van der Waals surface area contributed by atoms with Gasteiger partial charge in [0.05, 0.1) is 37.9 Å². The fraction of sp³-hybridized carbons (Fsp3) is 0.125. The first-order valence-corrected chi connectivity index (χ1v) is 10.6. The Balaban J connectivity index is 1.83. The molecule has 0 spiro atoms. The Morgan fingerprint density at radius 3 is 2.16 bits per heavy atom. The molecule has 0 atom stereocenters. The molecule has 32 heavy (non-hydrogen) atoms. The van der Waals surface area contributed by atoms with Crippen molar-refractivity contribution >= 4 is 54.9 Å². The van der Waals surface area contributed by atoms with Crippen LogP contribution in [0, 0.1) is 0 Å². The molecule has 8 heteroatoms. The number of nitrogens with zero attached hydrogens (tertiary/aromatic N) is 3. The van der Waals surface area contributed by atoms with E-state index in [1.807, 2.05) is 42.5 Å². The fourth-order valence-corrected chi connectivity index (χ4v) is 4.23. The quantitative estimate of drug-likeness (QED) is 0.343. The van der Waals surface area contributed by atoms with Crippen LogP contribution in [0.1, 0.15) is 10.4 Å². The van der Waals surface area contributed by atoms with Crippen molar-refractivity contribution in [2.24, 2.45) is 0 Å². The highest BCUT2D eigenvalue weighted by molar-refractivity contribution is 9.10. The van der Waals surface area contributed by atoms with Crippen molar-refractivity contribution in [2.75, 3.05) is 21.3 Å². The van der Waals surface area contributed by atoms with Gasteiger partial charge < -0.3 is 14.2 Å². The van der Waals surface area contributed by atoms with Gasteiger partial charge in [-0.25, -0.2) is 9.97 Å². The van der Waals surface area contributed by atoms with Crippen molar-refractivity contribution in [3.63, 3.8) is 0 Å². The van der Waals surface area contributed by atoms with E-state index in [4.69, 9.17) is 24.2 Å². The van der Waals surface area contributed by atoms with Gasteiger partial charge in [0.2, 0.25) is 5.75 Å². The molecule has 0 fully saturated rings. The van der Waals surface area contributed by atoms with Crippen LogP contribution in [-0.4, -0.2) is 41.8 Å². The topological polar surface area (TPSA) is 75.5 Å². The third-order valence-corrected chi connectivity index (χ3v) is 5.83. The zero-order valence-corrected chi connectivity index (χ0v) is 19.1. The van der Waals surface area contributed by atoms with Crippen molar-refractivity contribution < 1.29 is 19.0 Å². The van der Waals surface area contributed by atoms with Crippen molar-refractivity contribution in [3.8, 4) is 17.2 Å². The molecule has 0 saturated heterocycles. The third kappa shape index (κ3) is 3.06. The summed E-state index contributed by atoms with van der Waals surface area (Å²) in [6, 6.07) is 16.6. The zero-order chi connectivity index (χ0) is 22.4. The van der Waals surface area contributed by atoms with Gasteiger partial charge in [0.25, 0.3) is 5.91 Å². The lowest BCUT2D eigenvalue weighted by atomic mass is 10.1. The molecule has 0 saturated carbocycles. The monoisotopic (exact) mass is 491 g/mol. The molecule has 160 valence electrons. The maximum atomic E-state index is 13.8. The summed E-state index contributed by atoms with van der Waals surface area (Å²) in [7, 11) is 4.55. The number of fused-ring (bicyclic) bond motifs is 4. The molecular formula is C24H18BrN3O4. The first kappa shape index (κ1) is 20.3. The number of methoxy groups -OCH3 is 3. The predicted octanol–water partition coefficient (Wildman–Crippen LogP) is 5.21. The minimum atomic E-state index is -0.281. The van der Waals surface area contributed by atoms with Crippen LogP contribution in [0.25, 0.3) is 33.1 Å². The predicted molar refractivity (Wildman–Crippen MR) is 126 cm³/mol. The van der Waals surface area contributed by atoms with Crippen molar-refractivity contribution in [2.45, 2.75) is 0 Å². The fourth-order valence-electron chi connectivity index (χ4n) is 3.87. The smallest absolute Gasteiger partial charge is 0.264 e. The lowest BCUT2D eigenvalue weighted by Gasteiger charge is -2.14. The van der Waals surface area contributed by atoms with Gasteiger partial charge in [0, 0.05) is 15.4 Å². The zero-order valence-electron chi connectivity index (χ0n) is 17.5. The Labute approximate surface area is 191 Å². The summed E-state index contributed by atoms with van der Waals surface area (Å²) >= 11 is 3.52. The number of hydrogen-bond donors (Lipinski definition) is 0. The minimum Gasteiger partial charge on any atom is -0.493 e. The molecular weight excluding hydrogens is 474 g/mol. The van der Waals surface area contributed by atoms with Gasteiger partial charge in [-0.2, -0.15) is 0 Å². The Bertz CT molecular complexity index is 1500. The van der Waals surface area contributed by atoms with Crippen molar-refractivity contribution in [1.29, 1.82) is 0 Å². The Kier molecular flexibility index (Phi) is 4.94. The molecule has 0 unspecified atom stereocenters. The second kappa shape index (κ2) is 7.80. The molecule has 0 aliphatic rings. The van der Waals surface area contributed by atoms with E-state index in [0.29, 0.717) is 45.0 Å². The van der Waals surface area contributed by atoms with E-state index in [1.54, 1.807) is 16.7 Å². The number of ether oxygens (including phenoxy) is 3. The summed E-state index contributed by atoms with van der Waals surface area (Å²) in [5, 5.41) is 0.827. The normalized spacial score (nSPS) is 11.2. The molecule has 0 bridgehead atoms. The summed E-state index contributed by atoms with van der Waals surface area (Å²) < 4.78 is 18.7.